The number of hydrogen-bond acceptors (Lipinski definition) is 3. The quantitative estimate of drug-likeness (QED) is 0.710. The summed E-state index contributed by atoms with van der Waals surface area (Å²) >= 11 is 0. The molecule has 23 heavy (non-hydrogen) atoms. The van der Waals surface area contributed by atoms with Gasteiger partial charge in [0.25, 0.3) is 0 Å². The maximum absolute atomic E-state index is 12.0. The van der Waals surface area contributed by atoms with Gasteiger partial charge in [0.1, 0.15) is 11.4 Å². The van der Waals surface area contributed by atoms with E-state index < -0.39 is 0 Å². The number of amides is 1. The number of aryl methyl sites for hydroxylation is 1. The van der Waals surface area contributed by atoms with Gasteiger partial charge in [0.2, 0.25) is 5.91 Å². The Bertz CT molecular complexity index is 796. The van der Waals surface area contributed by atoms with Gasteiger partial charge in [0.05, 0.1) is 18.0 Å². The molecule has 1 N–H and O–H groups in total. The molecule has 1 aromatic carbocycles. The molecule has 5 heteroatoms. The number of pyridine rings is 1. The van der Waals surface area contributed by atoms with Crippen molar-refractivity contribution in [3.8, 4) is 5.75 Å². The summed E-state index contributed by atoms with van der Waals surface area (Å²) < 4.78 is 7.48. The molecule has 0 saturated heterocycles. The fourth-order valence-corrected chi connectivity index (χ4v) is 2.36. The first kappa shape index (κ1) is 15.1. The molecule has 0 saturated carbocycles. The zero-order valence-electron chi connectivity index (χ0n) is 13.0. The van der Waals surface area contributed by atoms with Gasteiger partial charge in [0.15, 0.2) is 0 Å². The molecular formula is C18H19N3O2. The average Bonchev–Trinajstić information content (AvgIpc) is 2.92. The number of fused-ring (bicyclic) bond motifs is 1. The van der Waals surface area contributed by atoms with Crippen molar-refractivity contribution in [2.45, 2.75) is 19.8 Å². The first-order valence-electron chi connectivity index (χ1n) is 7.64. The van der Waals surface area contributed by atoms with Crippen LogP contribution < -0.4 is 10.1 Å². The van der Waals surface area contributed by atoms with Gasteiger partial charge in [-0.3, -0.25) is 4.79 Å². The van der Waals surface area contributed by atoms with Gasteiger partial charge in [0, 0.05) is 18.8 Å². The molecular weight excluding hydrogens is 290 g/mol. The van der Waals surface area contributed by atoms with Crippen molar-refractivity contribution in [3.05, 3.63) is 60.6 Å². The van der Waals surface area contributed by atoms with Gasteiger partial charge < -0.3 is 14.5 Å². The molecule has 0 aliphatic heterocycles. The van der Waals surface area contributed by atoms with E-state index in [2.05, 4.69) is 10.3 Å². The molecule has 118 valence electrons. The van der Waals surface area contributed by atoms with Gasteiger partial charge in [-0.15, -0.1) is 0 Å². The Morgan fingerprint density at radius 1 is 1.17 bits per heavy atom. The Labute approximate surface area is 134 Å². The normalized spacial score (nSPS) is 10.7. The topological polar surface area (TPSA) is 55.6 Å². The number of imidazole rings is 1. The van der Waals surface area contributed by atoms with Crippen molar-refractivity contribution in [3.63, 3.8) is 0 Å². The number of anilines is 1. The summed E-state index contributed by atoms with van der Waals surface area (Å²) in [4.78, 5) is 16.3. The molecule has 0 unspecified atom stereocenters. The monoisotopic (exact) mass is 309 g/mol. The highest BCUT2D eigenvalue weighted by molar-refractivity contribution is 5.90. The Morgan fingerprint density at radius 3 is 2.83 bits per heavy atom. The molecule has 3 aromatic rings. The van der Waals surface area contributed by atoms with E-state index in [0.717, 1.165) is 22.8 Å². The lowest BCUT2D eigenvalue weighted by atomic mass is 10.3. The molecule has 0 bridgehead atoms. The second-order valence-electron chi connectivity index (χ2n) is 5.38. The van der Waals surface area contributed by atoms with Gasteiger partial charge in [-0.1, -0.05) is 18.2 Å². The second-order valence-corrected chi connectivity index (χ2v) is 5.38. The van der Waals surface area contributed by atoms with E-state index in [1.807, 2.05) is 66.2 Å². The van der Waals surface area contributed by atoms with Crippen molar-refractivity contribution in [2.24, 2.45) is 0 Å². The lowest BCUT2D eigenvalue weighted by molar-refractivity contribution is -0.116. The maximum Gasteiger partial charge on any atom is 0.224 e. The largest absolute Gasteiger partial charge is 0.494 e. The molecule has 0 atom stereocenters. The minimum Gasteiger partial charge on any atom is -0.494 e. The maximum atomic E-state index is 12.0. The highest BCUT2D eigenvalue weighted by Gasteiger charge is 2.04. The van der Waals surface area contributed by atoms with Crippen LogP contribution >= 0.6 is 0 Å². The van der Waals surface area contributed by atoms with Crippen LogP contribution in [0.3, 0.4) is 0 Å². The van der Waals surface area contributed by atoms with E-state index in [0.29, 0.717) is 19.4 Å². The van der Waals surface area contributed by atoms with Crippen LogP contribution in [0, 0.1) is 6.92 Å². The Morgan fingerprint density at radius 2 is 2.00 bits per heavy atom. The summed E-state index contributed by atoms with van der Waals surface area (Å²) in [7, 11) is 0. The van der Waals surface area contributed by atoms with Crippen LogP contribution in [0.5, 0.6) is 5.75 Å². The van der Waals surface area contributed by atoms with E-state index in [1.165, 1.54) is 0 Å². The highest BCUT2D eigenvalue weighted by Crippen LogP contribution is 2.12. The zero-order chi connectivity index (χ0) is 16.1. The third-order valence-corrected chi connectivity index (χ3v) is 3.42. The highest BCUT2D eigenvalue weighted by atomic mass is 16.5. The molecule has 0 spiro atoms. The van der Waals surface area contributed by atoms with E-state index in [1.54, 1.807) is 0 Å². The molecule has 0 fully saturated rings. The van der Waals surface area contributed by atoms with Crippen molar-refractivity contribution >= 4 is 17.2 Å². The summed E-state index contributed by atoms with van der Waals surface area (Å²) in [6.45, 7) is 2.47. The van der Waals surface area contributed by atoms with Gasteiger partial charge >= 0.3 is 0 Å². The minimum absolute atomic E-state index is 0.0159. The fraction of sp³-hybridized carbons (Fsp3) is 0.222. The number of hydrogen-bond donors (Lipinski definition) is 1. The number of carbonyl (C=O) groups excluding carboxylic acids is 1. The fourth-order valence-electron chi connectivity index (χ4n) is 2.36. The molecule has 5 nitrogen and oxygen atoms in total. The van der Waals surface area contributed by atoms with Crippen LogP contribution in [0.2, 0.25) is 0 Å². The number of ether oxygens (including phenoxy) is 1. The SMILES string of the molecule is Cc1cn2cc(NC(=O)CCCOc3ccccc3)ccc2n1. The summed E-state index contributed by atoms with van der Waals surface area (Å²) in [6.07, 6.45) is 4.90. The summed E-state index contributed by atoms with van der Waals surface area (Å²) in [5.74, 6) is 0.812. The zero-order valence-corrected chi connectivity index (χ0v) is 13.0. The van der Waals surface area contributed by atoms with E-state index >= 15 is 0 Å². The number of para-hydroxylation sites is 1. The first-order valence-corrected chi connectivity index (χ1v) is 7.64. The van der Waals surface area contributed by atoms with Crippen molar-refractivity contribution in [2.75, 3.05) is 11.9 Å². The van der Waals surface area contributed by atoms with E-state index in [9.17, 15) is 4.79 Å². The lowest BCUT2D eigenvalue weighted by Gasteiger charge is -2.07. The molecule has 0 aliphatic rings. The van der Waals surface area contributed by atoms with E-state index in [-0.39, 0.29) is 5.91 Å². The number of nitrogens with one attached hydrogen (secondary N) is 1. The molecule has 2 aromatic heterocycles. The van der Waals surface area contributed by atoms with Crippen LogP contribution in [0.4, 0.5) is 5.69 Å². The Kier molecular flexibility index (Phi) is 4.57. The summed E-state index contributed by atoms with van der Waals surface area (Å²) in [5.41, 5.74) is 2.59. The summed E-state index contributed by atoms with van der Waals surface area (Å²) in [5, 5.41) is 2.90. The van der Waals surface area contributed by atoms with Crippen LogP contribution in [0.25, 0.3) is 5.65 Å². The average molecular weight is 309 g/mol. The Balaban J connectivity index is 1.46. The first-order chi connectivity index (χ1) is 11.2. The third kappa shape index (κ3) is 4.10. The van der Waals surface area contributed by atoms with Crippen molar-refractivity contribution in [1.29, 1.82) is 0 Å². The molecule has 1 amide bonds. The number of rotatable bonds is 6. The molecule has 3 rings (SSSR count). The smallest absolute Gasteiger partial charge is 0.224 e. The van der Waals surface area contributed by atoms with Crippen LogP contribution in [0.1, 0.15) is 18.5 Å². The van der Waals surface area contributed by atoms with Gasteiger partial charge in [-0.05, 0) is 37.6 Å². The molecule has 0 aliphatic carbocycles. The Hall–Kier alpha value is -2.82. The third-order valence-electron chi connectivity index (χ3n) is 3.42. The number of nitrogens with zero attached hydrogens (tertiary/aromatic N) is 2. The van der Waals surface area contributed by atoms with Crippen molar-refractivity contribution < 1.29 is 9.53 Å². The van der Waals surface area contributed by atoms with Gasteiger partial charge in [-0.25, -0.2) is 4.98 Å². The molecule has 2 heterocycles. The van der Waals surface area contributed by atoms with Gasteiger partial charge in [-0.2, -0.15) is 0 Å². The number of carbonyl (C=O) groups is 1. The minimum atomic E-state index is -0.0159. The van der Waals surface area contributed by atoms with E-state index in [4.69, 9.17) is 4.74 Å². The standard InChI is InChI=1S/C18H19N3O2/c1-14-12-21-13-15(9-10-17(21)19-14)20-18(22)8-5-11-23-16-6-3-2-4-7-16/h2-4,6-7,9-10,12-13H,5,8,11H2,1H3,(H,20,22). The van der Waals surface area contributed by atoms with Crippen LogP contribution in [0.15, 0.2) is 54.9 Å². The molecule has 0 radical (unpaired) electrons. The van der Waals surface area contributed by atoms with Crippen LogP contribution in [-0.2, 0) is 4.79 Å². The number of benzene rings is 1. The number of aromatic nitrogens is 2. The van der Waals surface area contributed by atoms with Crippen LogP contribution in [-0.4, -0.2) is 21.9 Å². The van der Waals surface area contributed by atoms with Crippen molar-refractivity contribution in [1.82, 2.24) is 9.38 Å². The lowest BCUT2D eigenvalue weighted by Crippen LogP contribution is -2.13. The summed E-state index contributed by atoms with van der Waals surface area (Å²) in [6, 6.07) is 13.4. The predicted octanol–water partition coefficient (Wildman–Crippen LogP) is 3.44. The second kappa shape index (κ2) is 6.96. The predicted molar refractivity (Wildman–Crippen MR) is 89.7 cm³/mol.